The van der Waals surface area contributed by atoms with Gasteiger partial charge in [0.25, 0.3) is 5.91 Å². The zero-order chi connectivity index (χ0) is 17.1. The first-order valence-corrected chi connectivity index (χ1v) is 7.68. The van der Waals surface area contributed by atoms with Crippen molar-refractivity contribution in [3.63, 3.8) is 0 Å². The first-order valence-electron chi connectivity index (χ1n) is 7.27. The SMILES string of the molecule is COc1ccc(/C=C2\NC(=S)N(c3ccc(OC)cc3)C2=O)cc1. The Morgan fingerprint density at radius 2 is 1.50 bits per heavy atom. The minimum atomic E-state index is -0.194. The van der Waals surface area contributed by atoms with E-state index < -0.39 is 0 Å². The molecule has 2 aromatic carbocycles. The number of anilines is 1. The standard InChI is InChI=1S/C18H16N2O3S/c1-22-14-7-3-12(4-8-14)11-16-17(21)20(18(24)19-16)13-5-9-15(23-2)10-6-13/h3-11H,1-2H3,(H,19,24)/b16-11-. The lowest BCUT2D eigenvalue weighted by Crippen LogP contribution is -2.30. The van der Waals surface area contributed by atoms with Gasteiger partial charge in [-0.3, -0.25) is 9.69 Å². The highest BCUT2D eigenvalue weighted by Gasteiger charge is 2.31. The molecule has 0 unspecified atom stereocenters. The van der Waals surface area contributed by atoms with E-state index in [2.05, 4.69) is 5.32 Å². The lowest BCUT2D eigenvalue weighted by molar-refractivity contribution is -0.113. The highest BCUT2D eigenvalue weighted by molar-refractivity contribution is 7.80. The van der Waals surface area contributed by atoms with Crippen molar-refractivity contribution in [1.29, 1.82) is 0 Å². The van der Waals surface area contributed by atoms with E-state index in [1.807, 2.05) is 24.3 Å². The van der Waals surface area contributed by atoms with E-state index in [9.17, 15) is 4.79 Å². The molecular formula is C18H16N2O3S. The molecule has 1 heterocycles. The Hall–Kier alpha value is -2.86. The number of nitrogens with one attached hydrogen (secondary N) is 1. The molecule has 0 radical (unpaired) electrons. The van der Waals surface area contributed by atoms with Gasteiger partial charge >= 0.3 is 0 Å². The summed E-state index contributed by atoms with van der Waals surface area (Å²) < 4.78 is 10.3. The number of amides is 1. The molecule has 1 N–H and O–H groups in total. The molecule has 3 rings (SSSR count). The van der Waals surface area contributed by atoms with Crippen LogP contribution in [0.1, 0.15) is 5.56 Å². The van der Waals surface area contributed by atoms with E-state index in [0.717, 1.165) is 17.1 Å². The molecule has 0 aliphatic carbocycles. The molecule has 0 aromatic heterocycles. The number of carbonyl (C=O) groups excluding carboxylic acids is 1. The van der Waals surface area contributed by atoms with Crippen molar-refractivity contribution in [3.8, 4) is 11.5 Å². The third kappa shape index (κ3) is 3.09. The molecule has 122 valence electrons. The maximum absolute atomic E-state index is 12.7. The average Bonchev–Trinajstić information content (AvgIpc) is 2.89. The summed E-state index contributed by atoms with van der Waals surface area (Å²) in [6.07, 6.45) is 1.76. The molecule has 1 aliphatic rings. The Morgan fingerprint density at radius 3 is 2.04 bits per heavy atom. The molecule has 0 saturated carbocycles. The molecule has 1 amide bonds. The number of ether oxygens (including phenoxy) is 2. The number of carbonyl (C=O) groups is 1. The molecule has 0 atom stereocenters. The first kappa shape index (κ1) is 16.0. The summed E-state index contributed by atoms with van der Waals surface area (Å²) in [5.41, 5.74) is 2.00. The lowest BCUT2D eigenvalue weighted by atomic mass is 10.2. The van der Waals surface area contributed by atoms with Crippen molar-refractivity contribution in [3.05, 3.63) is 59.8 Å². The summed E-state index contributed by atoms with van der Waals surface area (Å²) in [4.78, 5) is 14.1. The van der Waals surface area contributed by atoms with E-state index in [1.165, 1.54) is 4.90 Å². The van der Waals surface area contributed by atoms with E-state index >= 15 is 0 Å². The van der Waals surface area contributed by atoms with E-state index in [-0.39, 0.29) is 5.91 Å². The van der Waals surface area contributed by atoms with Crippen molar-refractivity contribution >= 4 is 35.0 Å². The van der Waals surface area contributed by atoms with Gasteiger partial charge in [-0.2, -0.15) is 0 Å². The molecular weight excluding hydrogens is 324 g/mol. The van der Waals surface area contributed by atoms with Crippen LogP contribution in [-0.2, 0) is 4.79 Å². The largest absolute Gasteiger partial charge is 0.497 e. The number of methoxy groups -OCH3 is 2. The Morgan fingerprint density at radius 1 is 0.958 bits per heavy atom. The topological polar surface area (TPSA) is 50.8 Å². The minimum absolute atomic E-state index is 0.194. The van der Waals surface area contributed by atoms with Gasteiger partial charge in [-0.25, -0.2) is 0 Å². The molecule has 0 spiro atoms. The first-order chi connectivity index (χ1) is 11.6. The molecule has 0 bridgehead atoms. The van der Waals surface area contributed by atoms with Crippen LogP contribution in [0.15, 0.2) is 54.2 Å². The third-order valence-corrected chi connectivity index (χ3v) is 3.92. The lowest BCUT2D eigenvalue weighted by Gasteiger charge is -2.14. The fraction of sp³-hybridized carbons (Fsp3) is 0.111. The molecule has 6 heteroatoms. The second-order valence-electron chi connectivity index (χ2n) is 5.10. The Kier molecular flexibility index (Phi) is 4.48. The molecule has 1 fully saturated rings. The highest BCUT2D eigenvalue weighted by atomic mass is 32.1. The second kappa shape index (κ2) is 6.72. The van der Waals surface area contributed by atoms with Crippen LogP contribution in [0.5, 0.6) is 11.5 Å². The fourth-order valence-electron chi connectivity index (χ4n) is 2.37. The van der Waals surface area contributed by atoms with Crippen LogP contribution in [0, 0.1) is 0 Å². The van der Waals surface area contributed by atoms with Crippen molar-refractivity contribution in [2.75, 3.05) is 19.1 Å². The number of rotatable bonds is 4. The van der Waals surface area contributed by atoms with Crippen LogP contribution in [0.3, 0.4) is 0 Å². The summed E-state index contributed by atoms with van der Waals surface area (Å²) in [6.45, 7) is 0. The van der Waals surface area contributed by atoms with E-state index in [0.29, 0.717) is 16.5 Å². The monoisotopic (exact) mass is 340 g/mol. The summed E-state index contributed by atoms with van der Waals surface area (Å²) in [5.74, 6) is 1.29. The predicted octanol–water partition coefficient (Wildman–Crippen LogP) is 2.97. The Labute approximate surface area is 145 Å². The van der Waals surface area contributed by atoms with Gasteiger partial charge in [0.05, 0.1) is 19.9 Å². The van der Waals surface area contributed by atoms with Gasteiger partial charge in [-0.1, -0.05) is 12.1 Å². The minimum Gasteiger partial charge on any atom is -0.497 e. The quantitative estimate of drug-likeness (QED) is 0.685. The van der Waals surface area contributed by atoms with E-state index in [1.54, 1.807) is 44.6 Å². The van der Waals surface area contributed by atoms with Crippen molar-refractivity contribution in [2.45, 2.75) is 0 Å². The number of hydrogen-bond acceptors (Lipinski definition) is 4. The number of hydrogen-bond donors (Lipinski definition) is 1. The van der Waals surface area contributed by atoms with Gasteiger partial charge in [0.15, 0.2) is 5.11 Å². The smallest absolute Gasteiger partial charge is 0.281 e. The third-order valence-electron chi connectivity index (χ3n) is 3.64. The normalized spacial score (nSPS) is 15.6. The van der Waals surface area contributed by atoms with E-state index in [4.69, 9.17) is 21.7 Å². The summed E-state index contributed by atoms with van der Waals surface area (Å²) >= 11 is 5.30. The predicted molar refractivity (Wildman–Crippen MR) is 97.2 cm³/mol. The average molecular weight is 340 g/mol. The number of benzene rings is 2. The van der Waals surface area contributed by atoms with Gasteiger partial charge in [0.2, 0.25) is 0 Å². The zero-order valence-corrected chi connectivity index (χ0v) is 14.1. The molecule has 1 saturated heterocycles. The zero-order valence-electron chi connectivity index (χ0n) is 13.3. The number of nitrogens with zero attached hydrogens (tertiary/aromatic N) is 1. The van der Waals surface area contributed by atoms with Gasteiger partial charge in [0.1, 0.15) is 17.2 Å². The Balaban J connectivity index is 1.85. The molecule has 24 heavy (non-hydrogen) atoms. The fourth-order valence-corrected chi connectivity index (χ4v) is 2.67. The maximum atomic E-state index is 12.7. The Bertz CT molecular complexity index is 798. The summed E-state index contributed by atoms with van der Waals surface area (Å²) in [7, 11) is 3.21. The van der Waals surface area contributed by atoms with Gasteiger partial charge in [-0.15, -0.1) is 0 Å². The summed E-state index contributed by atoms with van der Waals surface area (Å²) in [6, 6.07) is 14.6. The van der Waals surface area contributed by atoms with Crippen molar-refractivity contribution in [1.82, 2.24) is 5.32 Å². The van der Waals surface area contributed by atoms with Crippen LogP contribution < -0.4 is 19.7 Å². The van der Waals surface area contributed by atoms with Gasteiger partial charge < -0.3 is 14.8 Å². The summed E-state index contributed by atoms with van der Waals surface area (Å²) in [5, 5.41) is 3.32. The maximum Gasteiger partial charge on any atom is 0.281 e. The van der Waals surface area contributed by atoms with Crippen LogP contribution in [0.4, 0.5) is 5.69 Å². The number of thiocarbonyl (C=S) groups is 1. The van der Waals surface area contributed by atoms with Crippen LogP contribution in [-0.4, -0.2) is 25.2 Å². The molecule has 1 aliphatic heterocycles. The van der Waals surface area contributed by atoms with Gasteiger partial charge in [0, 0.05) is 0 Å². The van der Waals surface area contributed by atoms with Crippen LogP contribution in [0.25, 0.3) is 6.08 Å². The second-order valence-corrected chi connectivity index (χ2v) is 5.49. The molecule has 5 nitrogen and oxygen atoms in total. The van der Waals surface area contributed by atoms with Crippen molar-refractivity contribution in [2.24, 2.45) is 0 Å². The van der Waals surface area contributed by atoms with Gasteiger partial charge in [-0.05, 0) is 60.3 Å². The van der Waals surface area contributed by atoms with Crippen molar-refractivity contribution < 1.29 is 14.3 Å². The highest BCUT2D eigenvalue weighted by Crippen LogP contribution is 2.25. The van der Waals surface area contributed by atoms with Crippen LogP contribution in [0.2, 0.25) is 0 Å². The molecule has 2 aromatic rings. The van der Waals surface area contributed by atoms with Crippen LogP contribution >= 0.6 is 12.2 Å².